The highest BCUT2D eigenvalue weighted by atomic mass is 32.1. The zero-order valence-corrected chi connectivity index (χ0v) is 10.2. The van der Waals surface area contributed by atoms with E-state index in [-0.39, 0.29) is 5.69 Å². The van der Waals surface area contributed by atoms with E-state index in [0.29, 0.717) is 17.0 Å². The average molecular weight is 260 g/mol. The predicted molar refractivity (Wildman–Crippen MR) is 68.7 cm³/mol. The van der Waals surface area contributed by atoms with Gasteiger partial charge in [-0.1, -0.05) is 0 Å². The monoisotopic (exact) mass is 260 g/mol. The lowest BCUT2D eigenvalue weighted by Gasteiger charge is -1.90. The molecule has 3 rings (SSSR count). The van der Waals surface area contributed by atoms with Gasteiger partial charge >= 0.3 is 0 Å². The summed E-state index contributed by atoms with van der Waals surface area (Å²) in [6, 6.07) is 6.40. The van der Waals surface area contributed by atoms with Crippen LogP contribution in [0.2, 0.25) is 0 Å². The van der Waals surface area contributed by atoms with E-state index in [1.54, 1.807) is 6.07 Å². The number of nitro groups is 1. The first-order valence-corrected chi connectivity index (χ1v) is 6.12. The first kappa shape index (κ1) is 10.9. The number of oxazole rings is 1. The highest BCUT2D eigenvalue weighted by Gasteiger charge is 2.14. The van der Waals surface area contributed by atoms with E-state index in [9.17, 15) is 10.1 Å². The third-order valence-corrected chi connectivity index (χ3v) is 3.64. The van der Waals surface area contributed by atoms with Crippen molar-refractivity contribution in [2.75, 3.05) is 0 Å². The Labute approximate surface area is 106 Å². The Balaban J connectivity index is 2.17. The summed E-state index contributed by atoms with van der Waals surface area (Å²) in [6.07, 6.45) is 0. The Morgan fingerprint density at radius 1 is 1.39 bits per heavy atom. The third-order valence-electron chi connectivity index (χ3n) is 2.64. The van der Waals surface area contributed by atoms with Crippen molar-refractivity contribution in [1.82, 2.24) is 4.98 Å². The van der Waals surface area contributed by atoms with E-state index in [1.807, 2.05) is 18.4 Å². The fraction of sp³-hybridized carbons (Fsp3) is 0.0833. The van der Waals surface area contributed by atoms with Gasteiger partial charge in [0.25, 0.3) is 5.69 Å². The number of benzene rings is 1. The standard InChI is InChI=1S/C12H8N2O3S/c1-7-4-5-18-11(7)12-13-9-6-8(14(15)16)2-3-10(9)17-12/h2-6H,1H3. The number of thiophene rings is 1. The first-order chi connectivity index (χ1) is 8.65. The molecule has 18 heavy (non-hydrogen) atoms. The molecule has 0 N–H and O–H groups in total. The van der Waals surface area contributed by atoms with Gasteiger partial charge in [0, 0.05) is 12.1 Å². The number of hydrogen-bond donors (Lipinski definition) is 0. The van der Waals surface area contributed by atoms with Gasteiger partial charge in [-0.05, 0) is 30.0 Å². The summed E-state index contributed by atoms with van der Waals surface area (Å²) in [5, 5.41) is 12.6. The number of aryl methyl sites for hydroxylation is 1. The molecule has 0 aliphatic rings. The van der Waals surface area contributed by atoms with E-state index in [0.717, 1.165) is 10.4 Å². The molecule has 0 spiro atoms. The molecule has 0 atom stereocenters. The largest absolute Gasteiger partial charge is 0.435 e. The third kappa shape index (κ3) is 1.67. The van der Waals surface area contributed by atoms with Crippen molar-refractivity contribution in [3.05, 3.63) is 45.3 Å². The average Bonchev–Trinajstić information content (AvgIpc) is 2.92. The van der Waals surface area contributed by atoms with Gasteiger partial charge in [-0.25, -0.2) is 4.98 Å². The van der Waals surface area contributed by atoms with Crippen molar-refractivity contribution in [2.45, 2.75) is 6.92 Å². The Morgan fingerprint density at radius 3 is 2.89 bits per heavy atom. The molecule has 0 saturated heterocycles. The molecule has 90 valence electrons. The molecule has 0 fully saturated rings. The molecule has 2 aromatic heterocycles. The van der Waals surface area contributed by atoms with Crippen LogP contribution in [0.3, 0.4) is 0 Å². The fourth-order valence-electron chi connectivity index (χ4n) is 1.72. The van der Waals surface area contributed by atoms with Crippen LogP contribution in [-0.2, 0) is 0 Å². The topological polar surface area (TPSA) is 69.2 Å². The smallest absolute Gasteiger partial charge is 0.271 e. The second-order valence-corrected chi connectivity index (χ2v) is 4.78. The highest BCUT2D eigenvalue weighted by Crippen LogP contribution is 2.31. The molecule has 0 aliphatic carbocycles. The van der Waals surface area contributed by atoms with Crippen molar-refractivity contribution < 1.29 is 9.34 Å². The quantitative estimate of drug-likeness (QED) is 0.519. The maximum atomic E-state index is 10.7. The summed E-state index contributed by atoms with van der Waals surface area (Å²) in [7, 11) is 0. The minimum absolute atomic E-state index is 0.0188. The summed E-state index contributed by atoms with van der Waals surface area (Å²) in [6.45, 7) is 1.98. The van der Waals surface area contributed by atoms with Crippen molar-refractivity contribution in [1.29, 1.82) is 0 Å². The van der Waals surface area contributed by atoms with E-state index < -0.39 is 4.92 Å². The lowest BCUT2D eigenvalue weighted by atomic mass is 10.3. The van der Waals surface area contributed by atoms with Crippen LogP contribution in [0.15, 0.2) is 34.1 Å². The number of hydrogen-bond acceptors (Lipinski definition) is 5. The molecule has 5 nitrogen and oxygen atoms in total. The molecule has 0 radical (unpaired) electrons. The molecular formula is C12H8N2O3S. The zero-order valence-electron chi connectivity index (χ0n) is 9.41. The van der Waals surface area contributed by atoms with Gasteiger partial charge in [0.2, 0.25) is 5.89 Å². The fourth-order valence-corrected chi connectivity index (χ4v) is 2.57. The summed E-state index contributed by atoms with van der Waals surface area (Å²) < 4.78 is 5.60. The van der Waals surface area contributed by atoms with E-state index in [4.69, 9.17) is 4.42 Å². The van der Waals surface area contributed by atoms with Gasteiger partial charge < -0.3 is 4.42 Å². The number of nitro benzene ring substituents is 1. The second-order valence-electron chi connectivity index (χ2n) is 3.86. The molecule has 1 aromatic carbocycles. The van der Waals surface area contributed by atoms with Crippen molar-refractivity contribution >= 4 is 28.1 Å². The van der Waals surface area contributed by atoms with Crippen LogP contribution in [-0.4, -0.2) is 9.91 Å². The first-order valence-electron chi connectivity index (χ1n) is 5.24. The lowest BCUT2D eigenvalue weighted by Crippen LogP contribution is -1.86. The Bertz CT molecular complexity index is 745. The van der Waals surface area contributed by atoms with Gasteiger partial charge in [0.1, 0.15) is 5.52 Å². The minimum atomic E-state index is -0.440. The van der Waals surface area contributed by atoms with Gasteiger partial charge in [-0.15, -0.1) is 11.3 Å². The molecular weight excluding hydrogens is 252 g/mol. The Hall–Kier alpha value is -2.21. The van der Waals surface area contributed by atoms with E-state index in [1.165, 1.54) is 23.5 Å². The molecule has 3 aromatic rings. The van der Waals surface area contributed by atoms with Crippen LogP contribution in [0.4, 0.5) is 5.69 Å². The van der Waals surface area contributed by atoms with Crippen LogP contribution in [0, 0.1) is 17.0 Å². The Morgan fingerprint density at radius 2 is 2.22 bits per heavy atom. The van der Waals surface area contributed by atoms with Gasteiger partial charge in [-0.2, -0.15) is 0 Å². The minimum Gasteiger partial charge on any atom is -0.435 e. The van der Waals surface area contributed by atoms with Crippen LogP contribution < -0.4 is 0 Å². The van der Waals surface area contributed by atoms with E-state index in [2.05, 4.69) is 4.98 Å². The lowest BCUT2D eigenvalue weighted by molar-refractivity contribution is -0.384. The second kappa shape index (κ2) is 3.92. The molecule has 2 heterocycles. The highest BCUT2D eigenvalue weighted by molar-refractivity contribution is 7.13. The molecule has 0 aliphatic heterocycles. The van der Waals surface area contributed by atoms with Crippen LogP contribution in [0.25, 0.3) is 21.9 Å². The SMILES string of the molecule is Cc1ccsc1-c1nc2cc([N+](=O)[O-])ccc2o1. The van der Waals surface area contributed by atoms with Crippen LogP contribution >= 0.6 is 11.3 Å². The Kier molecular flexibility index (Phi) is 2.38. The normalized spacial score (nSPS) is 10.9. The summed E-state index contributed by atoms with van der Waals surface area (Å²) in [5.74, 6) is 0.512. The number of fused-ring (bicyclic) bond motifs is 1. The molecule has 0 bridgehead atoms. The zero-order chi connectivity index (χ0) is 12.7. The van der Waals surface area contributed by atoms with Gasteiger partial charge in [0.15, 0.2) is 5.58 Å². The number of rotatable bonds is 2. The van der Waals surface area contributed by atoms with Crippen LogP contribution in [0.5, 0.6) is 0 Å². The number of non-ortho nitro benzene ring substituents is 1. The van der Waals surface area contributed by atoms with Crippen molar-refractivity contribution in [3.8, 4) is 10.8 Å². The summed E-state index contributed by atoms with van der Waals surface area (Å²) >= 11 is 1.54. The van der Waals surface area contributed by atoms with Gasteiger partial charge in [-0.3, -0.25) is 10.1 Å². The van der Waals surface area contributed by atoms with E-state index >= 15 is 0 Å². The maximum absolute atomic E-state index is 10.7. The van der Waals surface area contributed by atoms with Crippen LogP contribution in [0.1, 0.15) is 5.56 Å². The number of aromatic nitrogens is 1. The van der Waals surface area contributed by atoms with Crippen molar-refractivity contribution in [3.63, 3.8) is 0 Å². The molecule has 0 unspecified atom stereocenters. The molecule has 0 amide bonds. The van der Waals surface area contributed by atoms with Crippen molar-refractivity contribution in [2.24, 2.45) is 0 Å². The summed E-state index contributed by atoms with van der Waals surface area (Å²) in [5.41, 5.74) is 2.17. The molecule has 6 heteroatoms. The number of nitrogens with zero attached hydrogens (tertiary/aromatic N) is 2. The predicted octanol–water partition coefficient (Wildman–Crippen LogP) is 3.77. The summed E-state index contributed by atoms with van der Waals surface area (Å²) in [4.78, 5) is 15.5. The maximum Gasteiger partial charge on any atom is 0.271 e. The van der Waals surface area contributed by atoms with Gasteiger partial charge in [0.05, 0.1) is 9.80 Å². The molecule has 0 saturated carbocycles.